The molecule has 0 amide bonds. The third-order valence-electron chi connectivity index (χ3n) is 3.37. The van der Waals surface area contributed by atoms with Crippen molar-refractivity contribution in [2.45, 2.75) is 26.5 Å². The van der Waals surface area contributed by atoms with Gasteiger partial charge in [0.05, 0.1) is 7.11 Å². The third kappa shape index (κ3) is 3.90. The maximum absolute atomic E-state index is 6.23. The molecular formula is C17H20ClNO2. The van der Waals surface area contributed by atoms with Crippen LogP contribution in [0.1, 0.15) is 23.6 Å². The van der Waals surface area contributed by atoms with Gasteiger partial charge in [-0.05, 0) is 35.7 Å². The molecule has 0 saturated heterocycles. The topological polar surface area (TPSA) is 44.5 Å². The first-order valence-corrected chi connectivity index (χ1v) is 7.32. The van der Waals surface area contributed by atoms with Crippen LogP contribution in [0.4, 0.5) is 0 Å². The van der Waals surface area contributed by atoms with Crippen molar-refractivity contribution in [2.75, 3.05) is 7.11 Å². The number of methoxy groups -OCH3 is 1. The van der Waals surface area contributed by atoms with Gasteiger partial charge in [-0.3, -0.25) is 0 Å². The molecule has 0 saturated carbocycles. The van der Waals surface area contributed by atoms with Gasteiger partial charge >= 0.3 is 0 Å². The molecule has 2 rings (SSSR count). The van der Waals surface area contributed by atoms with Crippen LogP contribution < -0.4 is 15.2 Å². The van der Waals surface area contributed by atoms with E-state index in [2.05, 4.69) is 6.92 Å². The van der Waals surface area contributed by atoms with E-state index in [4.69, 9.17) is 26.8 Å². The summed E-state index contributed by atoms with van der Waals surface area (Å²) in [5, 5.41) is 0.669. The molecule has 0 heterocycles. The Labute approximate surface area is 130 Å². The maximum atomic E-state index is 6.23. The van der Waals surface area contributed by atoms with Gasteiger partial charge in [0, 0.05) is 17.1 Å². The molecule has 0 aliphatic heterocycles. The Kier molecular flexibility index (Phi) is 5.48. The lowest BCUT2D eigenvalue weighted by Crippen LogP contribution is -2.01. The Bertz CT molecular complexity index is 614. The minimum Gasteiger partial charge on any atom is -0.493 e. The van der Waals surface area contributed by atoms with E-state index >= 15 is 0 Å². The molecule has 0 fully saturated rings. The van der Waals surface area contributed by atoms with Crippen molar-refractivity contribution in [3.8, 4) is 11.5 Å². The van der Waals surface area contributed by atoms with Gasteiger partial charge < -0.3 is 15.2 Å². The number of halogens is 1. The standard InChI is InChI=1S/C17H20ClNO2/c1-3-12-5-7-16(17(9-12)20-2)21-11-14-6-4-13(10-19)8-15(14)18/h4-9H,3,10-11,19H2,1-2H3. The Hall–Kier alpha value is -1.71. The van der Waals surface area contributed by atoms with Crippen LogP contribution in [0, 0.1) is 0 Å². The van der Waals surface area contributed by atoms with Gasteiger partial charge in [0.1, 0.15) is 6.61 Å². The third-order valence-corrected chi connectivity index (χ3v) is 3.72. The van der Waals surface area contributed by atoms with Gasteiger partial charge in [-0.2, -0.15) is 0 Å². The first-order chi connectivity index (χ1) is 10.2. The minimum atomic E-state index is 0.394. The van der Waals surface area contributed by atoms with Gasteiger partial charge in [-0.1, -0.05) is 36.7 Å². The zero-order valence-electron chi connectivity index (χ0n) is 12.4. The molecule has 0 aromatic heterocycles. The van der Waals surface area contributed by atoms with Crippen LogP contribution in [0.2, 0.25) is 5.02 Å². The molecule has 4 heteroatoms. The summed E-state index contributed by atoms with van der Waals surface area (Å²) in [6.45, 7) is 2.98. The highest BCUT2D eigenvalue weighted by Crippen LogP contribution is 2.29. The molecule has 21 heavy (non-hydrogen) atoms. The zero-order chi connectivity index (χ0) is 15.2. The first kappa shape index (κ1) is 15.7. The van der Waals surface area contributed by atoms with Gasteiger partial charge in [0.15, 0.2) is 11.5 Å². The summed E-state index contributed by atoms with van der Waals surface area (Å²) in [7, 11) is 1.64. The normalized spacial score (nSPS) is 10.5. The predicted molar refractivity (Wildman–Crippen MR) is 86.0 cm³/mol. The molecule has 2 aromatic carbocycles. The van der Waals surface area contributed by atoms with Crippen molar-refractivity contribution in [2.24, 2.45) is 5.73 Å². The molecule has 112 valence electrons. The highest BCUT2D eigenvalue weighted by molar-refractivity contribution is 6.31. The van der Waals surface area contributed by atoms with Crippen molar-refractivity contribution in [3.05, 3.63) is 58.1 Å². The van der Waals surface area contributed by atoms with E-state index < -0.39 is 0 Å². The Morgan fingerprint density at radius 2 is 1.81 bits per heavy atom. The van der Waals surface area contributed by atoms with E-state index in [0.717, 1.165) is 23.3 Å². The molecule has 2 aromatic rings. The lowest BCUT2D eigenvalue weighted by molar-refractivity contribution is 0.284. The summed E-state index contributed by atoms with van der Waals surface area (Å²) in [6.07, 6.45) is 0.961. The summed E-state index contributed by atoms with van der Waals surface area (Å²) in [4.78, 5) is 0. The van der Waals surface area contributed by atoms with Gasteiger partial charge in [-0.15, -0.1) is 0 Å². The molecule has 0 spiro atoms. The smallest absolute Gasteiger partial charge is 0.161 e. The van der Waals surface area contributed by atoms with Crippen LogP contribution >= 0.6 is 11.6 Å². The number of rotatable bonds is 6. The summed E-state index contributed by atoms with van der Waals surface area (Å²) >= 11 is 6.23. The van der Waals surface area contributed by atoms with Crippen LogP contribution in [-0.2, 0) is 19.6 Å². The quantitative estimate of drug-likeness (QED) is 0.879. The minimum absolute atomic E-state index is 0.394. The van der Waals surface area contributed by atoms with E-state index in [0.29, 0.717) is 23.9 Å². The van der Waals surface area contributed by atoms with E-state index in [1.165, 1.54) is 5.56 Å². The van der Waals surface area contributed by atoms with Crippen LogP contribution in [-0.4, -0.2) is 7.11 Å². The second-order valence-electron chi connectivity index (χ2n) is 4.76. The SMILES string of the molecule is CCc1ccc(OCc2ccc(CN)cc2Cl)c(OC)c1. The molecule has 3 nitrogen and oxygen atoms in total. The van der Waals surface area contributed by atoms with Gasteiger partial charge in [0.2, 0.25) is 0 Å². The van der Waals surface area contributed by atoms with Crippen LogP contribution in [0.15, 0.2) is 36.4 Å². The summed E-state index contributed by atoms with van der Waals surface area (Å²) < 4.78 is 11.2. The number of aryl methyl sites for hydroxylation is 1. The highest BCUT2D eigenvalue weighted by atomic mass is 35.5. The van der Waals surface area contributed by atoms with E-state index in [-0.39, 0.29) is 0 Å². The highest BCUT2D eigenvalue weighted by Gasteiger charge is 2.07. The van der Waals surface area contributed by atoms with Crippen molar-refractivity contribution < 1.29 is 9.47 Å². The fourth-order valence-electron chi connectivity index (χ4n) is 2.04. The van der Waals surface area contributed by atoms with Crippen LogP contribution in [0.5, 0.6) is 11.5 Å². The molecule has 0 unspecified atom stereocenters. The van der Waals surface area contributed by atoms with Crippen molar-refractivity contribution in [1.82, 2.24) is 0 Å². The van der Waals surface area contributed by atoms with Crippen LogP contribution in [0.25, 0.3) is 0 Å². The first-order valence-electron chi connectivity index (χ1n) is 6.95. The number of hydrogen-bond acceptors (Lipinski definition) is 3. The number of ether oxygens (including phenoxy) is 2. The molecule has 2 N–H and O–H groups in total. The number of benzene rings is 2. The molecule has 0 radical (unpaired) electrons. The number of hydrogen-bond donors (Lipinski definition) is 1. The van der Waals surface area contributed by atoms with Gasteiger partial charge in [-0.25, -0.2) is 0 Å². The maximum Gasteiger partial charge on any atom is 0.161 e. The second kappa shape index (κ2) is 7.34. The van der Waals surface area contributed by atoms with E-state index in [1.54, 1.807) is 7.11 Å². The van der Waals surface area contributed by atoms with Crippen molar-refractivity contribution >= 4 is 11.6 Å². The lowest BCUT2D eigenvalue weighted by Gasteiger charge is -2.13. The molecule has 0 aliphatic carbocycles. The molecule has 0 bridgehead atoms. The monoisotopic (exact) mass is 305 g/mol. The van der Waals surface area contributed by atoms with E-state index in [9.17, 15) is 0 Å². The average molecular weight is 306 g/mol. The molecular weight excluding hydrogens is 286 g/mol. The fourth-order valence-corrected chi connectivity index (χ4v) is 2.30. The Balaban J connectivity index is 2.12. The van der Waals surface area contributed by atoms with Crippen molar-refractivity contribution in [3.63, 3.8) is 0 Å². The average Bonchev–Trinajstić information content (AvgIpc) is 2.53. The zero-order valence-corrected chi connectivity index (χ0v) is 13.1. The van der Waals surface area contributed by atoms with E-state index in [1.807, 2.05) is 36.4 Å². The van der Waals surface area contributed by atoms with Crippen molar-refractivity contribution in [1.29, 1.82) is 0 Å². The molecule has 0 aliphatic rings. The predicted octanol–water partition coefficient (Wildman–Crippen LogP) is 3.95. The fraction of sp³-hybridized carbons (Fsp3) is 0.294. The Morgan fingerprint density at radius 1 is 1.05 bits per heavy atom. The van der Waals surface area contributed by atoms with Gasteiger partial charge in [0.25, 0.3) is 0 Å². The second-order valence-corrected chi connectivity index (χ2v) is 5.16. The number of nitrogens with two attached hydrogens (primary N) is 1. The summed E-state index contributed by atoms with van der Waals surface area (Å²) in [5.74, 6) is 1.46. The van der Waals surface area contributed by atoms with Crippen LogP contribution in [0.3, 0.4) is 0 Å². The Morgan fingerprint density at radius 3 is 2.43 bits per heavy atom. The largest absolute Gasteiger partial charge is 0.493 e. The summed E-state index contributed by atoms with van der Waals surface area (Å²) in [6, 6.07) is 11.7. The molecule has 0 atom stereocenters. The summed E-state index contributed by atoms with van der Waals surface area (Å²) in [5.41, 5.74) is 8.74. The lowest BCUT2D eigenvalue weighted by atomic mass is 10.1.